The highest BCUT2D eigenvalue weighted by Crippen LogP contribution is 2.28. The number of hydrogen-bond acceptors (Lipinski definition) is 6. The summed E-state index contributed by atoms with van der Waals surface area (Å²) in [4.78, 5) is 16.1. The summed E-state index contributed by atoms with van der Waals surface area (Å²) in [7, 11) is 0. The van der Waals surface area contributed by atoms with E-state index in [-0.39, 0.29) is 5.78 Å². The molecule has 1 aromatic carbocycles. The number of para-hydroxylation sites is 1. The van der Waals surface area contributed by atoms with Gasteiger partial charge in [0.2, 0.25) is 0 Å². The lowest BCUT2D eigenvalue weighted by molar-refractivity contribution is 0.100. The number of unbranched alkanes of at least 4 members (excludes halogenated alkanes) is 12. The minimum absolute atomic E-state index is 0.0122. The number of carbonyl (C=O) groups excluding carboxylic acids is 1. The average molecular weight is 597 g/mol. The Morgan fingerprint density at radius 2 is 1.51 bits per heavy atom. The van der Waals surface area contributed by atoms with E-state index in [2.05, 4.69) is 41.5 Å². The van der Waals surface area contributed by atoms with Crippen molar-refractivity contribution < 1.29 is 9.53 Å². The van der Waals surface area contributed by atoms with E-state index in [0.29, 0.717) is 24.0 Å². The van der Waals surface area contributed by atoms with Gasteiger partial charge in [-0.3, -0.25) is 4.79 Å². The van der Waals surface area contributed by atoms with E-state index in [1.165, 1.54) is 95.4 Å². The molecule has 0 aromatic heterocycles. The number of nitrogens with one attached hydrogen (secondary N) is 1. The van der Waals surface area contributed by atoms with Crippen LogP contribution in [0.5, 0.6) is 5.75 Å². The van der Waals surface area contributed by atoms with E-state index in [0.717, 1.165) is 24.3 Å². The van der Waals surface area contributed by atoms with Gasteiger partial charge in [-0.1, -0.05) is 132 Å². The van der Waals surface area contributed by atoms with Crippen molar-refractivity contribution in [2.75, 3.05) is 6.61 Å². The fourth-order valence-electron chi connectivity index (χ4n) is 4.61. The molecule has 5 nitrogen and oxygen atoms in total. The van der Waals surface area contributed by atoms with Crippen molar-refractivity contribution in [3.8, 4) is 5.75 Å². The van der Waals surface area contributed by atoms with E-state index in [1.807, 2.05) is 29.4 Å². The molecule has 1 aliphatic heterocycles. The maximum absolute atomic E-state index is 13.3. The van der Waals surface area contributed by atoms with Crippen molar-refractivity contribution in [3.05, 3.63) is 29.8 Å². The molecular formula is C30H50BrN3O2S. The molecule has 1 N–H and O–H groups in total. The second-order valence-electron chi connectivity index (χ2n) is 10.1. The minimum Gasteiger partial charge on any atom is -0.493 e. The predicted octanol–water partition coefficient (Wildman–Crippen LogP) is 9.46. The molecule has 2 atom stereocenters. The number of alkyl halides is 1. The zero-order valence-corrected chi connectivity index (χ0v) is 25.9. The molecule has 0 radical (unpaired) electrons. The molecule has 0 bridgehead atoms. The number of benzene rings is 1. The van der Waals surface area contributed by atoms with Crippen molar-refractivity contribution in [1.29, 1.82) is 0 Å². The highest BCUT2D eigenvalue weighted by atomic mass is 79.9. The number of Topliss-reactive ketones (excluding diaryl/α,β-unsaturated/α-hetero) is 1. The Balaban J connectivity index is 1.72. The number of hydrazine groups is 1. The summed E-state index contributed by atoms with van der Waals surface area (Å²) in [6.45, 7) is 7.31. The van der Waals surface area contributed by atoms with Crippen LogP contribution < -0.4 is 9.57 Å². The number of rotatable bonds is 22. The van der Waals surface area contributed by atoms with Crippen LogP contribution in [0.15, 0.2) is 29.4 Å². The quantitative estimate of drug-likeness (QED) is 0.0625. The third kappa shape index (κ3) is 12.1. The Morgan fingerprint density at radius 1 is 0.919 bits per heavy atom. The van der Waals surface area contributed by atoms with Crippen LogP contribution >= 0.6 is 27.9 Å². The van der Waals surface area contributed by atoms with E-state index in [9.17, 15) is 4.79 Å². The van der Waals surface area contributed by atoms with Gasteiger partial charge in [0, 0.05) is 0 Å². The predicted molar refractivity (Wildman–Crippen MR) is 164 cm³/mol. The zero-order valence-electron chi connectivity index (χ0n) is 23.5. The Bertz CT molecular complexity index is 792. The summed E-state index contributed by atoms with van der Waals surface area (Å²) >= 11 is 5.03. The molecule has 1 heterocycles. The van der Waals surface area contributed by atoms with Crippen LogP contribution in [0.3, 0.4) is 0 Å². The molecule has 0 saturated heterocycles. The second-order valence-corrected chi connectivity index (χ2v) is 11.9. The first-order valence-corrected chi connectivity index (χ1v) is 16.6. The number of hydrogen-bond donors (Lipinski definition) is 1. The van der Waals surface area contributed by atoms with Gasteiger partial charge in [-0.05, 0) is 43.3 Å². The Kier molecular flexibility index (Phi) is 17.3. The first-order chi connectivity index (χ1) is 18.1. The number of hydrazone groups is 1. The number of ether oxygens (including phenoxy) is 1. The van der Waals surface area contributed by atoms with Crippen molar-refractivity contribution in [3.63, 3.8) is 0 Å². The van der Waals surface area contributed by atoms with Gasteiger partial charge in [-0.2, -0.15) is 9.93 Å². The summed E-state index contributed by atoms with van der Waals surface area (Å²) in [6.07, 6.45) is 20.3. The number of halogens is 1. The third-order valence-electron chi connectivity index (χ3n) is 7.01. The average Bonchev–Trinajstić information content (AvgIpc) is 3.41. The van der Waals surface area contributed by atoms with Gasteiger partial charge in [-0.15, -0.1) is 0 Å². The lowest BCUT2D eigenvalue weighted by Crippen LogP contribution is -2.34. The summed E-state index contributed by atoms with van der Waals surface area (Å²) in [5, 5.41) is 7.39. The van der Waals surface area contributed by atoms with Crippen LogP contribution in [0.25, 0.3) is 0 Å². The van der Waals surface area contributed by atoms with E-state index in [1.54, 1.807) is 0 Å². The van der Waals surface area contributed by atoms with Gasteiger partial charge >= 0.3 is 0 Å². The highest BCUT2D eigenvalue weighted by Gasteiger charge is 2.31. The molecule has 0 saturated carbocycles. The first-order valence-electron chi connectivity index (χ1n) is 14.8. The SMILES string of the molecule is CCCCCCCCCCCCCCOc1ccccc1C(=O)C(Br)C1=NN(C(CC)CCCC)NS1. The van der Waals surface area contributed by atoms with Gasteiger partial charge in [0.05, 0.1) is 18.2 Å². The van der Waals surface area contributed by atoms with Crippen molar-refractivity contribution in [1.82, 2.24) is 9.95 Å². The molecule has 1 aliphatic rings. The van der Waals surface area contributed by atoms with Crippen LogP contribution in [-0.4, -0.2) is 33.4 Å². The molecule has 37 heavy (non-hydrogen) atoms. The maximum atomic E-state index is 13.3. The van der Waals surface area contributed by atoms with Gasteiger partial charge in [0.1, 0.15) is 15.6 Å². The molecule has 0 aliphatic carbocycles. The van der Waals surface area contributed by atoms with Crippen molar-refractivity contribution in [2.45, 2.75) is 134 Å². The largest absolute Gasteiger partial charge is 0.493 e. The Hall–Kier alpha value is -1.05. The topological polar surface area (TPSA) is 53.9 Å². The van der Waals surface area contributed by atoms with Crippen LogP contribution in [0, 0.1) is 0 Å². The fraction of sp³-hybridized carbons (Fsp3) is 0.733. The maximum Gasteiger partial charge on any atom is 0.186 e. The molecule has 1 aromatic rings. The monoisotopic (exact) mass is 595 g/mol. The molecule has 210 valence electrons. The first kappa shape index (κ1) is 32.2. The van der Waals surface area contributed by atoms with Crippen molar-refractivity contribution >= 4 is 38.7 Å². The molecule has 0 spiro atoms. The molecule has 7 heteroatoms. The Morgan fingerprint density at radius 3 is 2.14 bits per heavy atom. The number of ketones is 1. The summed E-state index contributed by atoms with van der Waals surface area (Å²) < 4.78 is 6.07. The standard InChI is InChI=1S/C30H50BrN3O2S/c1-4-7-9-10-11-12-13-14-15-16-17-20-24-36-27-23-19-18-22-26(27)29(35)28(31)30-32-34(33-37-30)25(6-3)21-8-5-2/h18-19,22-23,25,28,33H,4-17,20-21,24H2,1-3H3. The summed E-state index contributed by atoms with van der Waals surface area (Å²) in [6, 6.07) is 7.93. The Labute approximate surface area is 239 Å². The van der Waals surface area contributed by atoms with Gasteiger partial charge < -0.3 is 4.74 Å². The van der Waals surface area contributed by atoms with E-state index in [4.69, 9.17) is 9.84 Å². The third-order valence-corrected chi connectivity index (χ3v) is 8.97. The van der Waals surface area contributed by atoms with Gasteiger partial charge in [0.15, 0.2) is 5.78 Å². The lowest BCUT2D eigenvalue weighted by atomic mass is 10.1. The molecule has 0 amide bonds. The minimum atomic E-state index is -0.491. The number of carbonyl (C=O) groups is 1. The number of nitrogens with zero attached hydrogens (tertiary/aromatic N) is 2. The second kappa shape index (κ2) is 19.9. The van der Waals surface area contributed by atoms with E-state index >= 15 is 0 Å². The molecule has 2 unspecified atom stereocenters. The molecular weight excluding hydrogens is 546 g/mol. The van der Waals surface area contributed by atoms with Crippen LogP contribution in [-0.2, 0) is 0 Å². The smallest absolute Gasteiger partial charge is 0.186 e. The van der Waals surface area contributed by atoms with Crippen LogP contribution in [0.2, 0.25) is 0 Å². The zero-order chi connectivity index (χ0) is 26.7. The molecule has 2 rings (SSSR count). The van der Waals surface area contributed by atoms with Crippen LogP contribution in [0.1, 0.15) is 134 Å². The fourth-order valence-corrected chi connectivity index (χ4v) is 5.94. The lowest BCUT2D eigenvalue weighted by Gasteiger charge is -2.23. The van der Waals surface area contributed by atoms with Crippen molar-refractivity contribution in [2.24, 2.45) is 5.10 Å². The summed E-state index contributed by atoms with van der Waals surface area (Å²) in [5.41, 5.74) is 0.614. The highest BCUT2D eigenvalue weighted by molar-refractivity contribution is 9.10. The van der Waals surface area contributed by atoms with E-state index < -0.39 is 4.83 Å². The molecule has 0 fully saturated rings. The van der Waals surface area contributed by atoms with Crippen LogP contribution in [0.4, 0.5) is 0 Å². The van der Waals surface area contributed by atoms with Gasteiger partial charge in [-0.25, -0.2) is 5.12 Å². The van der Waals surface area contributed by atoms with Gasteiger partial charge in [0.25, 0.3) is 0 Å². The summed E-state index contributed by atoms with van der Waals surface area (Å²) in [5.74, 6) is 0.657. The normalized spacial score (nSPS) is 15.0.